The Kier molecular flexibility index (Phi) is 3.37. The zero-order chi connectivity index (χ0) is 9.19. The van der Waals surface area contributed by atoms with Gasteiger partial charge in [-0.15, -0.1) is 0 Å². The highest BCUT2D eigenvalue weighted by atomic mass is 35.7. The van der Waals surface area contributed by atoms with Gasteiger partial charge >= 0.3 is 0 Å². The molecule has 3 nitrogen and oxygen atoms in total. The molecule has 72 valence electrons. The van der Waals surface area contributed by atoms with Crippen LogP contribution in [0, 0.1) is 5.92 Å². The number of rotatable bonds is 3. The van der Waals surface area contributed by atoms with Crippen LogP contribution < -0.4 is 0 Å². The van der Waals surface area contributed by atoms with Gasteiger partial charge < -0.3 is 0 Å². The van der Waals surface area contributed by atoms with Crippen molar-refractivity contribution in [3.8, 4) is 0 Å². The second kappa shape index (κ2) is 3.94. The first-order chi connectivity index (χ1) is 5.54. The van der Waals surface area contributed by atoms with Crippen LogP contribution in [0.5, 0.6) is 0 Å². The molecule has 0 spiro atoms. The summed E-state index contributed by atoms with van der Waals surface area (Å²) in [6.07, 6.45) is 3.17. The predicted molar refractivity (Wildman–Crippen MR) is 49.4 cm³/mol. The quantitative estimate of drug-likeness (QED) is 0.665. The topological polar surface area (TPSA) is 37.4 Å². The van der Waals surface area contributed by atoms with Crippen LogP contribution in [0.2, 0.25) is 0 Å². The minimum atomic E-state index is -3.45. The average Bonchev–Trinajstić information content (AvgIpc) is 2.35. The van der Waals surface area contributed by atoms with Gasteiger partial charge in [-0.25, -0.2) is 0 Å². The highest BCUT2D eigenvalue weighted by Gasteiger charge is 2.28. The van der Waals surface area contributed by atoms with Crippen LogP contribution in [0.3, 0.4) is 0 Å². The van der Waals surface area contributed by atoms with E-state index in [0.717, 1.165) is 19.3 Å². The first-order valence-electron chi connectivity index (χ1n) is 4.23. The monoisotopic (exact) mass is 211 g/mol. The molecule has 0 aromatic heterocycles. The van der Waals surface area contributed by atoms with Crippen LogP contribution in [0.1, 0.15) is 26.2 Å². The molecule has 1 fully saturated rings. The molecular formula is C7H14ClNO2S. The fourth-order valence-electron chi connectivity index (χ4n) is 1.64. The maximum atomic E-state index is 10.9. The van der Waals surface area contributed by atoms with Crippen molar-refractivity contribution in [2.24, 2.45) is 5.92 Å². The lowest BCUT2D eigenvalue weighted by atomic mass is 10.0. The maximum absolute atomic E-state index is 10.9. The molecule has 1 heterocycles. The van der Waals surface area contributed by atoms with Gasteiger partial charge in [-0.05, 0) is 18.8 Å². The summed E-state index contributed by atoms with van der Waals surface area (Å²) in [5.41, 5.74) is 0. The van der Waals surface area contributed by atoms with E-state index in [4.69, 9.17) is 10.7 Å². The van der Waals surface area contributed by atoms with Gasteiger partial charge in [-0.3, -0.25) is 0 Å². The van der Waals surface area contributed by atoms with E-state index in [0.29, 0.717) is 19.0 Å². The second-order valence-electron chi connectivity index (χ2n) is 3.24. The van der Waals surface area contributed by atoms with Crippen LogP contribution in [-0.4, -0.2) is 25.8 Å². The van der Waals surface area contributed by atoms with Gasteiger partial charge in [-0.1, -0.05) is 13.3 Å². The Morgan fingerprint density at radius 2 is 2.25 bits per heavy atom. The van der Waals surface area contributed by atoms with Crippen molar-refractivity contribution in [3.63, 3.8) is 0 Å². The molecule has 1 aliphatic rings. The molecule has 0 N–H and O–H groups in total. The molecule has 12 heavy (non-hydrogen) atoms. The van der Waals surface area contributed by atoms with E-state index < -0.39 is 9.24 Å². The molecule has 1 aliphatic heterocycles. The molecule has 0 radical (unpaired) electrons. The summed E-state index contributed by atoms with van der Waals surface area (Å²) in [5.74, 6) is 0.517. The van der Waals surface area contributed by atoms with Gasteiger partial charge in [0.25, 0.3) is 9.24 Å². The fourth-order valence-corrected chi connectivity index (χ4v) is 2.73. The van der Waals surface area contributed by atoms with Crippen molar-refractivity contribution in [1.82, 2.24) is 4.31 Å². The van der Waals surface area contributed by atoms with E-state index in [-0.39, 0.29) is 0 Å². The highest BCUT2D eigenvalue weighted by Crippen LogP contribution is 2.24. The SMILES string of the molecule is CCCC1CCN(S(=O)(=O)Cl)C1. The summed E-state index contributed by atoms with van der Waals surface area (Å²) < 4.78 is 23.1. The van der Waals surface area contributed by atoms with Gasteiger partial charge in [0.2, 0.25) is 0 Å². The van der Waals surface area contributed by atoms with E-state index in [9.17, 15) is 8.42 Å². The third-order valence-electron chi connectivity index (χ3n) is 2.25. The Morgan fingerprint density at radius 3 is 2.67 bits per heavy atom. The van der Waals surface area contributed by atoms with Crippen molar-refractivity contribution in [2.75, 3.05) is 13.1 Å². The summed E-state index contributed by atoms with van der Waals surface area (Å²) in [6, 6.07) is 0. The van der Waals surface area contributed by atoms with E-state index in [1.807, 2.05) is 0 Å². The number of nitrogens with zero attached hydrogens (tertiary/aromatic N) is 1. The molecule has 1 saturated heterocycles. The van der Waals surface area contributed by atoms with Crippen LogP contribution in [0.25, 0.3) is 0 Å². The van der Waals surface area contributed by atoms with Crippen molar-refractivity contribution >= 4 is 19.9 Å². The van der Waals surface area contributed by atoms with Gasteiger partial charge in [0.15, 0.2) is 0 Å². The lowest BCUT2D eigenvalue weighted by molar-refractivity contribution is 0.454. The third-order valence-corrected chi connectivity index (χ3v) is 3.79. The summed E-state index contributed by atoms with van der Waals surface area (Å²) in [6.45, 7) is 3.31. The molecule has 1 unspecified atom stereocenters. The molecule has 0 aliphatic carbocycles. The molecule has 1 rings (SSSR count). The van der Waals surface area contributed by atoms with Gasteiger partial charge in [0.1, 0.15) is 0 Å². The number of halogens is 1. The van der Waals surface area contributed by atoms with Gasteiger partial charge in [-0.2, -0.15) is 12.7 Å². The molecule has 0 amide bonds. The van der Waals surface area contributed by atoms with Crippen LogP contribution in [0.15, 0.2) is 0 Å². The molecule has 0 aromatic rings. The van der Waals surface area contributed by atoms with E-state index in [1.54, 1.807) is 0 Å². The standard InChI is InChI=1S/C7H14ClNO2S/c1-2-3-7-4-5-9(6-7)12(8,10)11/h7H,2-6H2,1H3. The summed E-state index contributed by atoms with van der Waals surface area (Å²) >= 11 is 0. The highest BCUT2D eigenvalue weighted by molar-refractivity contribution is 8.11. The lowest BCUT2D eigenvalue weighted by Crippen LogP contribution is -2.24. The Hall–Kier alpha value is 0.200. The van der Waals surface area contributed by atoms with Crippen molar-refractivity contribution in [2.45, 2.75) is 26.2 Å². The van der Waals surface area contributed by atoms with Crippen LogP contribution in [-0.2, 0) is 9.24 Å². The predicted octanol–water partition coefficient (Wildman–Crippen LogP) is 1.59. The van der Waals surface area contributed by atoms with E-state index in [2.05, 4.69) is 6.92 Å². The van der Waals surface area contributed by atoms with Gasteiger partial charge in [0, 0.05) is 23.8 Å². The normalized spacial score (nSPS) is 26.3. The molecule has 0 bridgehead atoms. The minimum absolute atomic E-state index is 0.517. The zero-order valence-electron chi connectivity index (χ0n) is 7.16. The Morgan fingerprint density at radius 1 is 1.58 bits per heavy atom. The van der Waals surface area contributed by atoms with E-state index >= 15 is 0 Å². The Labute approximate surface area is 78.3 Å². The van der Waals surface area contributed by atoms with Crippen LogP contribution in [0.4, 0.5) is 0 Å². The fraction of sp³-hybridized carbons (Fsp3) is 1.00. The van der Waals surface area contributed by atoms with Gasteiger partial charge in [0.05, 0.1) is 0 Å². The van der Waals surface area contributed by atoms with Crippen molar-refractivity contribution in [1.29, 1.82) is 0 Å². The van der Waals surface area contributed by atoms with Crippen molar-refractivity contribution < 1.29 is 8.42 Å². The van der Waals surface area contributed by atoms with Crippen LogP contribution >= 0.6 is 10.7 Å². The first kappa shape index (κ1) is 10.3. The number of hydrogen-bond donors (Lipinski definition) is 0. The Balaban J connectivity index is 2.46. The lowest BCUT2D eigenvalue weighted by Gasteiger charge is -2.10. The second-order valence-corrected chi connectivity index (χ2v) is 5.75. The zero-order valence-corrected chi connectivity index (χ0v) is 8.74. The summed E-state index contributed by atoms with van der Waals surface area (Å²) in [5, 5.41) is 0. The molecule has 0 saturated carbocycles. The molecule has 0 aromatic carbocycles. The summed E-state index contributed by atoms with van der Waals surface area (Å²) in [4.78, 5) is 0. The minimum Gasteiger partial charge on any atom is -0.195 e. The maximum Gasteiger partial charge on any atom is 0.299 e. The molecular weight excluding hydrogens is 198 g/mol. The summed E-state index contributed by atoms with van der Waals surface area (Å²) in [7, 11) is 1.75. The molecule has 5 heteroatoms. The molecule has 1 atom stereocenters. The number of hydrogen-bond acceptors (Lipinski definition) is 2. The smallest absolute Gasteiger partial charge is 0.195 e. The van der Waals surface area contributed by atoms with Crippen molar-refractivity contribution in [3.05, 3.63) is 0 Å². The average molecular weight is 212 g/mol. The van der Waals surface area contributed by atoms with E-state index in [1.165, 1.54) is 4.31 Å². The largest absolute Gasteiger partial charge is 0.299 e. The third kappa shape index (κ3) is 2.61. The Bertz CT molecular complexity index is 240. The first-order valence-corrected chi connectivity index (χ1v) is 6.50.